The van der Waals surface area contributed by atoms with Crippen LogP contribution >= 0.6 is 0 Å². The van der Waals surface area contributed by atoms with E-state index < -0.39 is 11.8 Å². The molecule has 4 rings (SSSR count). The van der Waals surface area contributed by atoms with Crippen molar-refractivity contribution >= 4 is 35.0 Å². The van der Waals surface area contributed by atoms with Gasteiger partial charge in [-0.2, -0.15) is 0 Å². The van der Waals surface area contributed by atoms with Crippen LogP contribution in [-0.4, -0.2) is 53.9 Å². The summed E-state index contributed by atoms with van der Waals surface area (Å²) in [5, 5.41) is 5.36. The number of hydrogen-bond acceptors (Lipinski definition) is 6. The van der Waals surface area contributed by atoms with Crippen molar-refractivity contribution in [2.75, 3.05) is 41.3 Å². The largest absolute Gasteiger partial charge is 0.348 e. The monoisotopic (exact) mass is 422 g/mol. The van der Waals surface area contributed by atoms with Crippen LogP contribution in [0.3, 0.4) is 0 Å². The topological polar surface area (TPSA) is 108 Å². The second-order valence-electron chi connectivity index (χ2n) is 7.84. The molecule has 31 heavy (non-hydrogen) atoms. The van der Waals surface area contributed by atoms with E-state index in [4.69, 9.17) is 0 Å². The molecule has 162 valence electrons. The van der Waals surface area contributed by atoms with Crippen molar-refractivity contribution in [2.45, 2.75) is 25.7 Å². The molecular formula is C22H26N6O3. The van der Waals surface area contributed by atoms with Crippen LogP contribution in [0.25, 0.3) is 0 Å². The molecule has 0 bridgehead atoms. The Morgan fingerprint density at radius 2 is 1.81 bits per heavy atom. The van der Waals surface area contributed by atoms with Crippen LogP contribution in [-0.2, 0) is 14.4 Å². The number of carbonyl (C=O) groups excluding carboxylic acids is 3. The summed E-state index contributed by atoms with van der Waals surface area (Å²) in [6.07, 6.45) is 6.61. The fourth-order valence-corrected chi connectivity index (χ4v) is 3.97. The van der Waals surface area contributed by atoms with E-state index in [1.807, 2.05) is 6.07 Å². The number of amides is 3. The van der Waals surface area contributed by atoms with E-state index in [0.717, 1.165) is 44.0 Å². The van der Waals surface area contributed by atoms with E-state index in [1.165, 1.54) is 0 Å². The molecule has 0 unspecified atom stereocenters. The molecule has 2 aromatic rings. The van der Waals surface area contributed by atoms with Gasteiger partial charge < -0.3 is 20.4 Å². The number of benzene rings is 1. The molecule has 2 saturated heterocycles. The van der Waals surface area contributed by atoms with Crippen LogP contribution in [0.4, 0.5) is 17.3 Å². The highest BCUT2D eigenvalue weighted by Gasteiger charge is 2.24. The molecule has 1 aromatic carbocycles. The van der Waals surface area contributed by atoms with E-state index in [1.54, 1.807) is 41.6 Å². The van der Waals surface area contributed by atoms with Gasteiger partial charge in [0.2, 0.25) is 11.9 Å². The summed E-state index contributed by atoms with van der Waals surface area (Å²) in [5.74, 6) is -0.258. The van der Waals surface area contributed by atoms with Gasteiger partial charge in [-0.1, -0.05) is 6.07 Å². The number of hydrogen-bond donors (Lipinski definition) is 2. The maximum Gasteiger partial charge on any atom is 0.313 e. The number of nitrogens with one attached hydrogen (secondary N) is 2. The van der Waals surface area contributed by atoms with Gasteiger partial charge in [-0.15, -0.1) is 0 Å². The first-order valence-corrected chi connectivity index (χ1v) is 10.6. The van der Waals surface area contributed by atoms with Crippen molar-refractivity contribution in [1.82, 2.24) is 15.3 Å². The third kappa shape index (κ3) is 5.17. The van der Waals surface area contributed by atoms with Gasteiger partial charge in [0.25, 0.3) is 0 Å². The van der Waals surface area contributed by atoms with Gasteiger partial charge in [0.15, 0.2) is 0 Å². The molecule has 0 atom stereocenters. The molecule has 2 aliphatic heterocycles. The predicted octanol–water partition coefficient (Wildman–Crippen LogP) is 1.57. The Morgan fingerprint density at radius 3 is 2.52 bits per heavy atom. The van der Waals surface area contributed by atoms with Gasteiger partial charge in [0, 0.05) is 56.4 Å². The average Bonchev–Trinajstić information content (AvgIpc) is 3.24. The van der Waals surface area contributed by atoms with Crippen LogP contribution in [0, 0.1) is 5.92 Å². The van der Waals surface area contributed by atoms with Gasteiger partial charge in [0.05, 0.1) is 0 Å². The van der Waals surface area contributed by atoms with Crippen molar-refractivity contribution in [3.63, 3.8) is 0 Å². The number of nitrogens with zero attached hydrogens (tertiary/aromatic N) is 4. The minimum Gasteiger partial charge on any atom is -0.348 e. The first kappa shape index (κ1) is 20.8. The molecule has 0 aliphatic carbocycles. The number of rotatable bonds is 5. The molecule has 3 heterocycles. The maximum absolute atomic E-state index is 12.3. The van der Waals surface area contributed by atoms with Crippen LogP contribution in [0.5, 0.6) is 0 Å². The minimum atomic E-state index is -0.708. The van der Waals surface area contributed by atoms with Crippen LogP contribution in [0.15, 0.2) is 42.7 Å². The van der Waals surface area contributed by atoms with Crippen molar-refractivity contribution in [3.8, 4) is 0 Å². The van der Waals surface area contributed by atoms with E-state index >= 15 is 0 Å². The SMILES string of the molecule is O=C(NCC1CCN(c2ncccn2)CC1)C(=O)Nc1cccc(N2CCCC2=O)c1. The van der Waals surface area contributed by atoms with Gasteiger partial charge >= 0.3 is 11.8 Å². The van der Waals surface area contributed by atoms with Crippen molar-refractivity contribution in [3.05, 3.63) is 42.7 Å². The molecule has 1 aromatic heterocycles. The molecule has 0 spiro atoms. The summed E-state index contributed by atoms with van der Waals surface area (Å²) in [6.45, 7) is 2.77. The van der Waals surface area contributed by atoms with Crippen molar-refractivity contribution in [2.24, 2.45) is 5.92 Å². The average molecular weight is 422 g/mol. The zero-order valence-corrected chi connectivity index (χ0v) is 17.3. The predicted molar refractivity (Wildman–Crippen MR) is 117 cm³/mol. The van der Waals surface area contributed by atoms with Crippen LogP contribution < -0.4 is 20.4 Å². The zero-order chi connectivity index (χ0) is 21.6. The second-order valence-corrected chi connectivity index (χ2v) is 7.84. The summed E-state index contributed by atoms with van der Waals surface area (Å²) in [6, 6.07) is 8.80. The molecule has 2 aliphatic rings. The number of anilines is 3. The lowest BCUT2D eigenvalue weighted by Crippen LogP contribution is -2.42. The summed E-state index contributed by atoms with van der Waals surface area (Å²) in [4.78, 5) is 48.8. The molecule has 2 fully saturated rings. The Labute approximate surface area is 180 Å². The second kappa shape index (κ2) is 9.55. The first-order chi connectivity index (χ1) is 15.1. The Hall–Kier alpha value is -3.49. The third-order valence-electron chi connectivity index (χ3n) is 5.70. The zero-order valence-electron chi connectivity index (χ0n) is 17.3. The van der Waals surface area contributed by atoms with E-state index in [0.29, 0.717) is 31.1 Å². The summed E-state index contributed by atoms with van der Waals surface area (Å²) >= 11 is 0. The van der Waals surface area contributed by atoms with Crippen LogP contribution in [0.1, 0.15) is 25.7 Å². The first-order valence-electron chi connectivity index (χ1n) is 10.6. The van der Waals surface area contributed by atoms with Gasteiger partial charge in [0.1, 0.15) is 0 Å². The number of piperidine rings is 1. The third-order valence-corrected chi connectivity index (χ3v) is 5.70. The Kier molecular flexibility index (Phi) is 6.40. The molecule has 3 amide bonds. The highest BCUT2D eigenvalue weighted by molar-refractivity contribution is 6.39. The number of carbonyl (C=O) groups is 3. The molecule has 2 N–H and O–H groups in total. The molecule has 0 saturated carbocycles. The fourth-order valence-electron chi connectivity index (χ4n) is 3.97. The standard InChI is InChI=1S/C22H26N6O3/c29-19-6-2-11-28(19)18-5-1-4-17(14-18)26-21(31)20(30)25-15-16-7-12-27(13-8-16)22-23-9-3-10-24-22/h1,3-5,9-10,14,16H,2,6-8,11-13,15H2,(H,25,30)(H,26,31). The lowest BCUT2D eigenvalue weighted by atomic mass is 9.97. The van der Waals surface area contributed by atoms with Crippen molar-refractivity contribution < 1.29 is 14.4 Å². The maximum atomic E-state index is 12.3. The van der Waals surface area contributed by atoms with Gasteiger partial charge in [-0.25, -0.2) is 9.97 Å². The molecular weight excluding hydrogens is 396 g/mol. The summed E-state index contributed by atoms with van der Waals surface area (Å²) in [5.41, 5.74) is 1.23. The Bertz CT molecular complexity index is 943. The minimum absolute atomic E-state index is 0.0751. The van der Waals surface area contributed by atoms with E-state index in [9.17, 15) is 14.4 Å². The Balaban J connectivity index is 1.23. The van der Waals surface area contributed by atoms with Gasteiger partial charge in [-0.05, 0) is 49.4 Å². The summed E-state index contributed by atoms with van der Waals surface area (Å²) < 4.78 is 0. The van der Waals surface area contributed by atoms with E-state index in [2.05, 4.69) is 25.5 Å². The smallest absolute Gasteiger partial charge is 0.313 e. The normalized spacial score (nSPS) is 17.0. The van der Waals surface area contributed by atoms with Crippen molar-refractivity contribution in [1.29, 1.82) is 0 Å². The molecule has 9 heteroatoms. The summed E-state index contributed by atoms with van der Waals surface area (Å²) in [7, 11) is 0. The van der Waals surface area contributed by atoms with Gasteiger partial charge in [-0.3, -0.25) is 14.4 Å². The Morgan fingerprint density at radius 1 is 1.03 bits per heavy atom. The van der Waals surface area contributed by atoms with Crippen LogP contribution in [0.2, 0.25) is 0 Å². The molecule has 9 nitrogen and oxygen atoms in total. The quantitative estimate of drug-likeness (QED) is 0.709. The molecule has 0 radical (unpaired) electrons. The fraction of sp³-hybridized carbons (Fsp3) is 0.409. The highest BCUT2D eigenvalue weighted by Crippen LogP contribution is 2.24. The highest BCUT2D eigenvalue weighted by atomic mass is 16.2. The lowest BCUT2D eigenvalue weighted by molar-refractivity contribution is -0.136. The lowest BCUT2D eigenvalue weighted by Gasteiger charge is -2.31. The van der Waals surface area contributed by atoms with E-state index in [-0.39, 0.29) is 5.91 Å². The number of aromatic nitrogens is 2.